The van der Waals surface area contributed by atoms with Crippen LogP contribution in [0.2, 0.25) is 0 Å². The zero-order valence-corrected chi connectivity index (χ0v) is 17.3. The van der Waals surface area contributed by atoms with Crippen LogP contribution in [0.5, 0.6) is 0 Å². The maximum atomic E-state index is 12.6. The van der Waals surface area contributed by atoms with E-state index in [1.165, 1.54) is 0 Å². The largest absolute Gasteiger partial charge is 0.460 e. The summed E-state index contributed by atoms with van der Waals surface area (Å²) in [5.41, 5.74) is 1.20. The van der Waals surface area contributed by atoms with Crippen molar-refractivity contribution in [3.63, 3.8) is 0 Å². The molecule has 0 amide bonds. The van der Waals surface area contributed by atoms with Gasteiger partial charge in [0.15, 0.2) is 0 Å². The first kappa shape index (κ1) is 20.6. The van der Waals surface area contributed by atoms with Gasteiger partial charge in [0.05, 0.1) is 17.7 Å². The molecule has 0 bridgehead atoms. The zero-order valence-electron chi connectivity index (χ0n) is 17.3. The lowest BCUT2D eigenvalue weighted by molar-refractivity contribution is -0.116. The van der Waals surface area contributed by atoms with Gasteiger partial charge in [-0.1, -0.05) is 48.5 Å². The quantitative estimate of drug-likeness (QED) is 0.769. The van der Waals surface area contributed by atoms with Crippen molar-refractivity contribution in [1.29, 1.82) is 0 Å². The average molecular weight is 382 g/mol. The van der Waals surface area contributed by atoms with Crippen molar-refractivity contribution in [3.8, 4) is 0 Å². The summed E-state index contributed by atoms with van der Waals surface area (Å²) >= 11 is 0. The molecule has 1 saturated heterocycles. The molecule has 1 aliphatic heterocycles. The monoisotopic (exact) mass is 381 g/mol. The van der Waals surface area contributed by atoms with E-state index in [2.05, 4.69) is 44.7 Å². The first-order valence-electron chi connectivity index (χ1n) is 9.95. The van der Waals surface area contributed by atoms with Gasteiger partial charge in [-0.05, 0) is 58.2 Å². The van der Waals surface area contributed by atoms with Crippen LogP contribution in [0.15, 0.2) is 60.7 Å². The Morgan fingerprint density at radius 2 is 1.50 bits per heavy atom. The van der Waals surface area contributed by atoms with Crippen molar-refractivity contribution < 1.29 is 14.6 Å². The smallest absolute Gasteiger partial charge is 0.338 e. The number of aliphatic hydroxyl groups excluding tert-OH is 1. The SMILES string of the molecule is CC1(C)CC(O)CC(C)(C)N1C(COC(=O)c1ccccc1)c1ccccc1. The second-order valence-corrected chi connectivity index (χ2v) is 8.95. The number of ether oxygens (including phenoxy) is 1. The van der Waals surface area contributed by atoms with Gasteiger partial charge in [0, 0.05) is 11.1 Å². The van der Waals surface area contributed by atoms with E-state index in [4.69, 9.17) is 4.74 Å². The van der Waals surface area contributed by atoms with Crippen LogP contribution in [0, 0.1) is 0 Å². The molecule has 1 fully saturated rings. The molecule has 1 unspecified atom stereocenters. The molecule has 1 aliphatic rings. The van der Waals surface area contributed by atoms with Crippen molar-refractivity contribution in [1.82, 2.24) is 4.90 Å². The number of likely N-dealkylation sites (tertiary alicyclic amines) is 1. The maximum absolute atomic E-state index is 12.6. The summed E-state index contributed by atoms with van der Waals surface area (Å²) in [4.78, 5) is 15.0. The summed E-state index contributed by atoms with van der Waals surface area (Å²) in [5, 5.41) is 10.4. The van der Waals surface area contributed by atoms with Gasteiger partial charge in [0.2, 0.25) is 0 Å². The number of hydrogen-bond acceptors (Lipinski definition) is 4. The summed E-state index contributed by atoms with van der Waals surface area (Å²) in [6.07, 6.45) is 1.04. The van der Waals surface area contributed by atoms with Crippen LogP contribution in [0.3, 0.4) is 0 Å². The Labute approximate surface area is 168 Å². The number of piperidine rings is 1. The lowest BCUT2D eigenvalue weighted by Gasteiger charge is -2.57. The van der Waals surface area contributed by atoms with E-state index in [1.54, 1.807) is 12.1 Å². The summed E-state index contributed by atoms with van der Waals surface area (Å²) in [6.45, 7) is 8.90. The predicted octanol–water partition coefficient (Wildman–Crippen LogP) is 4.60. The normalized spacial score (nSPS) is 20.5. The first-order valence-corrected chi connectivity index (χ1v) is 9.95. The molecule has 0 spiro atoms. The van der Waals surface area contributed by atoms with Gasteiger partial charge in [0.25, 0.3) is 0 Å². The van der Waals surface area contributed by atoms with Gasteiger partial charge in [-0.25, -0.2) is 4.79 Å². The van der Waals surface area contributed by atoms with Crippen LogP contribution >= 0.6 is 0 Å². The highest BCUT2D eigenvalue weighted by Crippen LogP contribution is 2.44. The molecule has 2 aromatic carbocycles. The summed E-state index contributed by atoms with van der Waals surface area (Å²) in [6, 6.07) is 19.2. The van der Waals surface area contributed by atoms with E-state index in [0.29, 0.717) is 18.4 Å². The fourth-order valence-electron chi connectivity index (χ4n) is 4.89. The fourth-order valence-corrected chi connectivity index (χ4v) is 4.89. The minimum Gasteiger partial charge on any atom is -0.460 e. The van der Waals surface area contributed by atoms with Crippen LogP contribution in [0.25, 0.3) is 0 Å². The molecule has 28 heavy (non-hydrogen) atoms. The minimum atomic E-state index is -0.329. The predicted molar refractivity (Wildman–Crippen MR) is 111 cm³/mol. The van der Waals surface area contributed by atoms with Gasteiger partial charge in [-0.15, -0.1) is 0 Å². The standard InChI is InChI=1S/C24H31NO3/c1-23(2)15-20(26)16-24(3,4)25(23)21(18-11-7-5-8-12-18)17-28-22(27)19-13-9-6-10-14-19/h5-14,20-21,26H,15-17H2,1-4H3. The molecular formula is C24H31NO3. The van der Waals surface area contributed by atoms with Crippen molar-refractivity contribution in [2.24, 2.45) is 0 Å². The van der Waals surface area contributed by atoms with Crippen LogP contribution in [0.1, 0.15) is 62.5 Å². The molecule has 4 heteroatoms. The number of aliphatic hydroxyl groups is 1. The highest BCUT2D eigenvalue weighted by atomic mass is 16.5. The van der Waals surface area contributed by atoms with E-state index < -0.39 is 0 Å². The number of benzene rings is 2. The molecule has 3 rings (SSSR count). The molecule has 150 valence electrons. The van der Waals surface area contributed by atoms with Gasteiger partial charge in [-0.2, -0.15) is 0 Å². The van der Waals surface area contributed by atoms with Gasteiger partial charge in [-0.3, -0.25) is 4.90 Å². The van der Waals surface area contributed by atoms with Crippen LogP contribution < -0.4 is 0 Å². The topological polar surface area (TPSA) is 49.8 Å². The molecular weight excluding hydrogens is 350 g/mol. The average Bonchev–Trinajstić information content (AvgIpc) is 2.63. The third-order valence-corrected chi connectivity index (χ3v) is 5.65. The summed E-state index contributed by atoms with van der Waals surface area (Å²) in [7, 11) is 0. The zero-order chi connectivity index (χ0) is 20.4. The second-order valence-electron chi connectivity index (χ2n) is 8.95. The molecule has 2 aromatic rings. The van der Waals surface area contributed by atoms with E-state index in [1.807, 2.05) is 36.4 Å². The van der Waals surface area contributed by atoms with Crippen molar-refractivity contribution in [2.45, 2.75) is 63.8 Å². The van der Waals surface area contributed by atoms with Crippen LogP contribution in [-0.2, 0) is 4.74 Å². The molecule has 0 radical (unpaired) electrons. The van der Waals surface area contributed by atoms with Gasteiger partial charge >= 0.3 is 5.97 Å². The van der Waals surface area contributed by atoms with E-state index >= 15 is 0 Å². The van der Waals surface area contributed by atoms with Crippen molar-refractivity contribution in [3.05, 3.63) is 71.8 Å². The molecule has 0 aromatic heterocycles. The molecule has 0 aliphatic carbocycles. The minimum absolute atomic E-state index is 0.0913. The van der Waals surface area contributed by atoms with Crippen LogP contribution in [-0.4, -0.2) is 39.8 Å². The number of rotatable bonds is 5. The molecule has 4 nitrogen and oxygen atoms in total. The molecule has 1 atom stereocenters. The van der Waals surface area contributed by atoms with E-state index in [-0.39, 0.29) is 35.8 Å². The Balaban J connectivity index is 1.90. The number of carbonyl (C=O) groups is 1. The van der Waals surface area contributed by atoms with Gasteiger partial charge < -0.3 is 9.84 Å². The Morgan fingerprint density at radius 1 is 1.00 bits per heavy atom. The Morgan fingerprint density at radius 3 is 2.04 bits per heavy atom. The summed E-state index contributed by atoms with van der Waals surface area (Å²) in [5.74, 6) is -0.311. The molecule has 1 heterocycles. The number of esters is 1. The lowest BCUT2D eigenvalue weighted by Crippen LogP contribution is -2.63. The molecule has 1 N–H and O–H groups in total. The third kappa shape index (κ3) is 4.45. The second kappa shape index (κ2) is 8.06. The Bertz CT molecular complexity index is 768. The van der Waals surface area contributed by atoms with Crippen molar-refractivity contribution in [2.75, 3.05) is 6.61 Å². The van der Waals surface area contributed by atoms with E-state index in [9.17, 15) is 9.90 Å². The number of carbonyl (C=O) groups excluding carboxylic acids is 1. The molecule has 0 saturated carbocycles. The number of hydrogen-bond donors (Lipinski definition) is 1. The van der Waals surface area contributed by atoms with E-state index in [0.717, 1.165) is 5.56 Å². The van der Waals surface area contributed by atoms with Gasteiger partial charge in [0.1, 0.15) is 6.61 Å². The first-order chi connectivity index (χ1) is 13.2. The highest BCUT2D eigenvalue weighted by Gasteiger charge is 2.48. The number of nitrogens with zero attached hydrogens (tertiary/aromatic N) is 1. The lowest BCUT2D eigenvalue weighted by atomic mass is 9.76. The van der Waals surface area contributed by atoms with Crippen LogP contribution in [0.4, 0.5) is 0 Å². The highest BCUT2D eigenvalue weighted by molar-refractivity contribution is 5.89. The fraction of sp³-hybridized carbons (Fsp3) is 0.458. The summed E-state index contributed by atoms with van der Waals surface area (Å²) < 4.78 is 5.77. The third-order valence-electron chi connectivity index (χ3n) is 5.65. The van der Waals surface area contributed by atoms with Crippen molar-refractivity contribution >= 4 is 5.97 Å². The maximum Gasteiger partial charge on any atom is 0.338 e. The Kier molecular flexibility index (Phi) is 5.92. The Hall–Kier alpha value is -2.17.